The SMILES string of the molecule is CC(=O)N[C@H]1[C@H]([C@H](O)[C@H](O)CCP(=O)(O)O)O[C@](O)(C(=O)O)C[C@@H]1O. The molecule has 13 heteroatoms. The fraction of sp³-hybridized carbons (Fsp3) is 0.833. The van der Waals surface area contributed by atoms with Crippen LogP contribution in [0.5, 0.6) is 0 Å². The summed E-state index contributed by atoms with van der Waals surface area (Å²) in [6.45, 7) is 1.08. The van der Waals surface area contributed by atoms with Crippen molar-refractivity contribution in [3.05, 3.63) is 0 Å². The van der Waals surface area contributed by atoms with Crippen molar-refractivity contribution >= 4 is 19.5 Å². The van der Waals surface area contributed by atoms with Crippen molar-refractivity contribution < 1.29 is 54.2 Å². The number of rotatable bonds is 7. The van der Waals surface area contributed by atoms with Gasteiger partial charge in [-0.3, -0.25) is 9.36 Å². The van der Waals surface area contributed by atoms with Gasteiger partial charge < -0.3 is 45.4 Å². The second-order valence-corrected chi connectivity index (χ2v) is 7.68. The number of amides is 1. The molecule has 0 bridgehead atoms. The summed E-state index contributed by atoms with van der Waals surface area (Å²) >= 11 is 0. The van der Waals surface area contributed by atoms with E-state index in [1.807, 2.05) is 0 Å². The molecule has 0 saturated carbocycles. The molecule has 0 radical (unpaired) electrons. The fourth-order valence-corrected chi connectivity index (χ4v) is 3.10. The Balaban J connectivity index is 3.02. The first-order valence-electron chi connectivity index (χ1n) is 7.26. The largest absolute Gasteiger partial charge is 0.477 e. The number of aliphatic hydroxyl groups is 4. The first-order valence-corrected chi connectivity index (χ1v) is 9.06. The molecule has 0 aromatic rings. The quantitative estimate of drug-likeness (QED) is 0.203. The average Bonchev–Trinajstić information content (AvgIpc) is 2.45. The van der Waals surface area contributed by atoms with E-state index in [2.05, 4.69) is 5.32 Å². The van der Waals surface area contributed by atoms with Crippen molar-refractivity contribution in [2.75, 3.05) is 6.16 Å². The van der Waals surface area contributed by atoms with Gasteiger partial charge in [-0.15, -0.1) is 0 Å². The van der Waals surface area contributed by atoms with Gasteiger partial charge in [0.1, 0.15) is 12.2 Å². The van der Waals surface area contributed by atoms with Crippen LogP contribution in [0.15, 0.2) is 0 Å². The number of hydrogen-bond donors (Lipinski definition) is 8. The van der Waals surface area contributed by atoms with Gasteiger partial charge in [-0.25, -0.2) is 4.79 Å². The lowest BCUT2D eigenvalue weighted by atomic mass is 9.88. The number of carboxylic acid groups (broad SMARTS) is 1. The molecule has 1 aliphatic rings. The molecule has 0 aromatic carbocycles. The van der Waals surface area contributed by atoms with Crippen LogP contribution >= 0.6 is 7.60 Å². The van der Waals surface area contributed by atoms with Gasteiger partial charge in [0.25, 0.3) is 5.79 Å². The topological polar surface area (TPSA) is 214 Å². The summed E-state index contributed by atoms with van der Waals surface area (Å²) in [5, 5.41) is 51.2. The number of nitrogens with one attached hydrogen (secondary N) is 1. The zero-order chi connectivity index (χ0) is 19.6. The van der Waals surface area contributed by atoms with Crippen molar-refractivity contribution in [1.82, 2.24) is 5.32 Å². The van der Waals surface area contributed by atoms with Crippen LogP contribution in [0.25, 0.3) is 0 Å². The van der Waals surface area contributed by atoms with Crippen LogP contribution in [-0.4, -0.2) is 89.6 Å². The maximum absolute atomic E-state index is 11.2. The van der Waals surface area contributed by atoms with Gasteiger partial charge in [-0.2, -0.15) is 0 Å². The molecule has 1 saturated heterocycles. The van der Waals surface area contributed by atoms with Crippen LogP contribution < -0.4 is 5.32 Å². The third-order valence-electron chi connectivity index (χ3n) is 3.74. The van der Waals surface area contributed by atoms with Crippen molar-refractivity contribution in [1.29, 1.82) is 0 Å². The van der Waals surface area contributed by atoms with E-state index < -0.39 is 74.7 Å². The first kappa shape index (κ1) is 21.9. The summed E-state index contributed by atoms with van der Waals surface area (Å²) in [6.07, 6.45) is -9.27. The van der Waals surface area contributed by atoms with Crippen molar-refractivity contribution in [2.45, 2.75) is 56.0 Å². The maximum Gasteiger partial charge on any atom is 0.364 e. The molecule has 1 fully saturated rings. The number of carboxylic acids is 1. The Kier molecular flexibility index (Phi) is 7.07. The fourth-order valence-electron chi connectivity index (χ4n) is 2.50. The maximum atomic E-state index is 11.2. The Morgan fingerprint density at radius 2 is 1.92 bits per heavy atom. The van der Waals surface area contributed by atoms with Crippen LogP contribution in [0.1, 0.15) is 19.8 Å². The second kappa shape index (κ2) is 8.06. The predicted octanol–water partition coefficient (Wildman–Crippen LogP) is -3.30. The van der Waals surface area contributed by atoms with E-state index in [0.29, 0.717) is 0 Å². The van der Waals surface area contributed by atoms with Crippen LogP contribution in [0, 0.1) is 0 Å². The molecule has 1 amide bonds. The Morgan fingerprint density at radius 3 is 2.36 bits per heavy atom. The van der Waals surface area contributed by atoms with Gasteiger partial charge in [0.2, 0.25) is 5.91 Å². The minimum atomic E-state index is -4.47. The van der Waals surface area contributed by atoms with E-state index in [4.69, 9.17) is 19.6 Å². The highest BCUT2D eigenvalue weighted by atomic mass is 31.2. The molecule has 12 nitrogen and oxygen atoms in total. The Labute approximate surface area is 142 Å². The van der Waals surface area contributed by atoms with Crippen LogP contribution in [-0.2, 0) is 18.9 Å². The molecule has 25 heavy (non-hydrogen) atoms. The molecule has 0 aromatic heterocycles. The standard InChI is InChI=1S/C12H22NO11P/c1-5(14)13-8-7(16)4-12(20,11(18)19)24-10(8)9(17)6(15)2-3-25(21,22)23/h6-10,15-17,20H,2-4H2,1H3,(H,13,14)(H,18,19)(H2,21,22,23)/t6-,7+,8-,9-,10-,12+/m1/s1. The lowest BCUT2D eigenvalue weighted by molar-refractivity contribution is -0.294. The number of aliphatic hydroxyl groups excluding tert-OH is 3. The predicted molar refractivity (Wildman–Crippen MR) is 79.2 cm³/mol. The summed E-state index contributed by atoms with van der Waals surface area (Å²) in [6, 6.07) is -1.36. The van der Waals surface area contributed by atoms with Crippen LogP contribution in [0.3, 0.4) is 0 Å². The molecule has 6 atom stereocenters. The van der Waals surface area contributed by atoms with Gasteiger partial charge >= 0.3 is 13.6 Å². The molecular formula is C12H22NO11P. The Morgan fingerprint density at radius 1 is 1.36 bits per heavy atom. The minimum Gasteiger partial charge on any atom is -0.477 e. The number of hydrogen-bond acceptors (Lipinski definition) is 8. The molecule has 146 valence electrons. The van der Waals surface area contributed by atoms with Gasteiger partial charge in [0.05, 0.1) is 24.4 Å². The van der Waals surface area contributed by atoms with Crippen LogP contribution in [0.2, 0.25) is 0 Å². The van der Waals surface area contributed by atoms with E-state index in [-0.39, 0.29) is 0 Å². The highest BCUT2D eigenvalue weighted by Gasteiger charge is 2.53. The molecule has 0 aliphatic carbocycles. The van der Waals surface area contributed by atoms with Crippen LogP contribution in [0.4, 0.5) is 0 Å². The highest BCUT2D eigenvalue weighted by Crippen LogP contribution is 2.36. The summed E-state index contributed by atoms with van der Waals surface area (Å²) in [5.41, 5.74) is 0. The minimum absolute atomic E-state index is 0.570. The summed E-state index contributed by atoms with van der Waals surface area (Å²) in [4.78, 5) is 40.0. The van der Waals surface area contributed by atoms with E-state index in [1.54, 1.807) is 0 Å². The number of aliphatic carboxylic acids is 1. The number of ether oxygens (including phenoxy) is 1. The Bertz CT molecular complexity index is 551. The van der Waals surface area contributed by atoms with E-state index in [1.165, 1.54) is 0 Å². The van der Waals surface area contributed by atoms with Crippen molar-refractivity contribution in [3.63, 3.8) is 0 Å². The van der Waals surface area contributed by atoms with Gasteiger partial charge in [0, 0.05) is 13.3 Å². The molecule has 0 unspecified atom stereocenters. The highest BCUT2D eigenvalue weighted by molar-refractivity contribution is 7.51. The van der Waals surface area contributed by atoms with Gasteiger partial charge in [-0.05, 0) is 6.42 Å². The molecular weight excluding hydrogens is 365 g/mol. The third-order valence-corrected chi connectivity index (χ3v) is 4.58. The first-order chi connectivity index (χ1) is 11.3. The smallest absolute Gasteiger partial charge is 0.364 e. The van der Waals surface area contributed by atoms with E-state index in [0.717, 1.165) is 6.92 Å². The summed E-state index contributed by atoms with van der Waals surface area (Å²) < 4.78 is 15.8. The zero-order valence-corrected chi connectivity index (χ0v) is 14.1. The summed E-state index contributed by atoms with van der Waals surface area (Å²) in [7, 11) is -4.47. The lowest BCUT2D eigenvalue weighted by Crippen LogP contribution is -2.67. The number of carbonyl (C=O) groups excluding carboxylic acids is 1. The molecule has 8 N–H and O–H groups in total. The molecule has 0 spiro atoms. The van der Waals surface area contributed by atoms with E-state index in [9.17, 15) is 34.6 Å². The Hall–Kier alpha value is -1.11. The average molecular weight is 387 g/mol. The van der Waals surface area contributed by atoms with Gasteiger partial charge in [0.15, 0.2) is 0 Å². The molecule has 1 aliphatic heterocycles. The number of carbonyl (C=O) groups is 2. The lowest BCUT2D eigenvalue weighted by Gasteiger charge is -2.44. The molecule has 1 heterocycles. The summed E-state index contributed by atoms with van der Waals surface area (Å²) in [5.74, 6) is -5.38. The van der Waals surface area contributed by atoms with Crippen molar-refractivity contribution in [3.8, 4) is 0 Å². The molecule has 1 rings (SSSR count). The normalized spacial score (nSPS) is 32.7. The van der Waals surface area contributed by atoms with Crippen molar-refractivity contribution in [2.24, 2.45) is 0 Å². The van der Waals surface area contributed by atoms with Gasteiger partial charge in [-0.1, -0.05) is 0 Å². The second-order valence-electron chi connectivity index (χ2n) is 5.90. The van der Waals surface area contributed by atoms with E-state index >= 15 is 0 Å². The zero-order valence-electron chi connectivity index (χ0n) is 13.2. The third kappa shape index (κ3) is 5.97. The monoisotopic (exact) mass is 387 g/mol.